The molecule has 4 rings (SSSR count). The first-order chi connectivity index (χ1) is 12.2. The molecule has 0 spiro atoms. The van der Waals surface area contributed by atoms with Gasteiger partial charge in [0.05, 0.1) is 12.1 Å². The van der Waals surface area contributed by atoms with Crippen LogP contribution in [-0.4, -0.2) is 26.6 Å². The monoisotopic (exact) mass is 332 g/mol. The van der Waals surface area contributed by atoms with Gasteiger partial charge in [-0.15, -0.1) is 0 Å². The van der Waals surface area contributed by atoms with Gasteiger partial charge in [-0.25, -0.2) is 0 Å². The minimum absolute atomic E-state index is 0.0159. The summed E-state index contributed by atoms with van der Waals surface area (Å²) >= 11 is 0. The van der Waals surface area contributed by atoms with Crippen LogP contribution in [0, 0.1) is 0 Å². The molecule has 2 atom stereocenters. The van der Waals surface area contributed by atoms with Crippen molar-refractivity contribution < 1.29 is 10.2 Å². The lowest BCUT2D eigenvalue weighted by molar-refractivity contribution is 0.0726. The number of phenolic OH excluding ortho intramolecular Hbond substituents is 1. The van der Waals surface area contributed by atoms with Gasteiger partial charge in [0.1, 0.15) is 5.75 Å². The second-order valence-electron chi connectivity index (χ2n) is 6.43. The van der Waals surface area contributed by atoms with Gasteiger partial charge in [0.2, 0.25) is 0 Å². The number of fused-ring (bicyclic) bond motifs is 1. The lowest BCUT2D eigenvalue weighted by atomic mass is 9.86. The summed E-state index contributed by atoms with van der Waals surface area (Å²) < 4.78 is 0. The predicted molar refractivity (Wildman–Crippen MR) is 96.0 cm³/mol. The minimum Gasteiger partial charge on any atom is -0.508 e. The van der Waals surface area contributed by atoms with Crippen molar-refractivity contribution in [2.45, 2.75) is 18.7 Å². The van der Waals surface area contributed by atoms with Crippen LogP contribution in [0.25, 0.3) is 0 Å². The van der Waals surface area contributed by atoms with E-state index in [2.05, 4.69) is 22.0 Å². The van der Waals surface area contributed by atoms with Crippen LogP contribution >= 0.6 is 0 Å². The van der Waals surface area contributed by atoms with Crippen LogP contribution < -0.4 is 0 Å². The van der Waals surface area contributed by atoms with E-state index in [1.54, 1.807) is 24.5 Å². The largest absolute Gasteiger partial charge is 0.508 e. The number of aliphatic hydroxyl groups is 1. The van der Waals surface area contributed by atoms with Gasteiger partial charge in [-0.3, -0.25) is 9.88 Å². The second kappa shape index (κ2) is 6.67. The van der Waals surface area contributed by atoms with Crippen molar-refractivity contribution in [3.05, 3.63) is 95.3 Å². The molecule has 1 aliphatic rings. The molecule has 0 saturated carbocycles. The fourth-order valence-electron chi connectivity index (χ4n) is 3.63. The van der Waals surface area contributed by atoms with Crippen molar-refractivity contribution in [3.63, 3.8) is 0 Å². The van der Waals surface area contributed by atoms with Crippen molar-refractivity contribution in [2.75, 3.05) is 6.54 Å². The average Bonchev–Trinajstić information content (AvgIpc) is 2.64. The normalized spacial score (nSPS) is 20.2. The molecule has 0 aliphatic carbocycles. The number of phenols is 1. The Bertz CT molecular complexity index is 852. The molecule has 1 aliphatic heterocycles. The molecular formula is C21H20N2O2. The first-order valence-electron chi connectivity index (χ1n) is 8.41. The van der Waals surface area contributed by atoms with Crippen molar-refractivity contribution in [3.8, 4) is 5.75 Å². The van der Waals surface area contributed by atoms with E-state index in [1.807, 2.05) is 36.4 Å². The van der Waals surface area contributed by atoms with Gasteiger partial charge >= 0.3 is 0 Å². The van der Waals surface area contributed by atoms with Crippen LogP contribution in [-0.2, 0) is 6.54 Å². The number of aromatic nitrogens is 1. The third-order valence-corrected chi connectivity index (χ3v) is 4.75. The molecular weight excluding hydrogens is 312 g/mol. The molecule has 2 N–H and O–H groups in total. The summed E-state index contributed by atoms with van der Waals surface area (Å²) in [4.78, 5) is 6.40. The van der Waals surface area contributed by atoms with Crippen LogP contribution in [0.4, 0.5) is 0 Å². The quantitative estimate of drug-likeness (QED) is 0.771. The highest BCUT2D eigenvalue weighted by molar-refractivity contribution is 5.44. The molecule has 0 amide bonds. The smallest absolute Gasteiger partial charge is 0.115 e. The fraction of sp³-hybridized carbons (Fsp3) is 0.190. The standard InChI is InChI=1S/C21H20N2O2/c24-17-6-7-18-19(12-17)20(25)14-23(13-15-4-2-1-3-5-15)21(18)16-8-10-22-11-9-16/h1-12,20-21,24-25H,13-14H2/t20-,21+/m0/s1. The summed E-state index contributed by atoms with van der Waals surface area (Å²) in [5.74, 6) is 0.183. The molecule has 126 valence electrons. The Kier molecular flexibility index (Phi) is 4.22. The Hall–Kier alpha value is -2.69. The average molecular weight is 332 g/mol. The summed E-state index contributed by atoms with van der Waals surface area (Å²) in [5, 5.41) is 20.5. The van der Waals surface area contributed by atoms with Crippen LogP contribution in [0.2, 0.25) is 0 Å². The SMILES string of the molecule is Oc1ccc2c(c1)[C@@H](O)CN(Cc1ccccc1)[C@@H]2c1ccncc1. The number of aliphatic hydroxyl groups excluding tert-OH is 1. The number of hydrogen-bond donors (Lipinski definition) is 2. The van der Waals surface area contributed by atoms with Gasteiger partial charge in [-0.1, -0.05) is 36.4 Å². The van der Waals surface area contributed by atoms with Gasteiger partial charge < -0.3 is 10.2 Å². The summed E-state index contributed by atoms with van der Waals surface area (Å²) in [5.41, 5.74) is 4.16. The van der Waals surface area contributed by atoms with Crippen LogP contribution in [0.3, 0.4) is 0 Å². The molecule has 2 aromatic carbocycles. The molecule has 0 unspecified atom stereocenters. The number of nitrogens with zero attached hydrogens (tertiary/aromatic N) is 2. The van der Waals surface area contributed by atoms with Crippen molar-refractivity contribution >= 4 is 0 Å². The lowest BCUT2D eigenvalue weighted by Crippen LogP contribution is -2.38. The van der Waals surface area contributed by atoms with Crippen LogP contribution in [0.5, 0.6) is 5.75 Å². The van der Waals surface area contributed by atoms with Gasteiger partial charge in [0.15, 0.2) is 0 Å². The van der Waals surface area contributed by atoms with Gasteiger partial charge in [-0.05, 0) is 46.5 Å². The topological polar surface area (TPSA) is 56.6 Å². The van der Waals surface area contributed by atoms with E-state index in [0.29, 0.717) is 6.54 Å². The maximum absolute atomic E-state index is 10.6. The Balaban J connectivity index is 1.79. The number of aromatic hydroxyl groups is 1. The highest BCUT2D eigenvalue weighted by Crippen LogP contribution is 2.40. The Labute approximate surface area is 147 Å². The molecule has 25 heavy (non-hydrogen) atoms. The zero-order valence-electron chi connectivity index (χ0n) is 13.8. The Morgan fingerprint density at radius 1 is 0.960 bits per heavy atom. The summed E-state index contributed by atoms with van der Waals surface area (Å²) in [6.07, 6.45) is 2.96. The molecule has 0 bridgehead atoms. The maximum atomic E-state index is 10.6. The minimum atomic E-state index is -0.621. The van der Waals surface area contributed by atoms with Gasteiger partial charge in [0, 0.05) is 25.5 Å². The van der Waals surface area contributed by atoms with Crippen molar-refractivity contribution in [1.29, 1.82) is 0 Å². The van der Waals surface area contributed by atoms with E-state index in [1.165, 1.54) is 5.56 Å². The van der Waals surface area contributed by atoms with E-state index in [0.717, 1.165) is 23.2 Å². The first-order valence-corrected chi connectivity index (χ1v) is 8.41. The number of pyridine rings is 1. The summed E-state index contributed by atoms with van der Waals surface area (Å²) in [6, 6.07) is 19.6. The van der Waals surface area contributed by atoms with E-state index in [4.69, 9.17) is 0 Å². The Morgan fingerprint density at radius 2 is 1.72 bits per heavy atom. The van der Waals surface area contributed by atoms with Gasteiger partial charge in [-0.2, -0.15) is 0 Å². The zero-order chi connectivity index (χ0) is 17.2. The highest BCUT2D eigenvalue weighted by atomic mass is 16.3. The lowest BCUT2D eigenvalue weighted by Gasteiger charge is -2.40. The zero-order valence-corrected chi connectivity index (χ0v) is 13.8. The maximum Gasteiger partial charge on any atom is 0.115 e. The van der Waals surface area contributed by atoms with Crippen molar-refractivity contribution in [2.24, 2.45) is 0 Å². The molecule has 2 heterocycles. The number of β-amino-alcohol motifs (C(OH)–C–C–N with tert-alkyl or cyclic N) is 1. The molecule has 0 radical (unpaired) electrons. The number of benzene rings is 2. The highest BCUT2D eigenvalue weighted by Gasteiger charge is 2.33. The molecule has 1 aromatic heterocycles. The van der Waals surface area contributed by atoms with Crippen LogP contribution in [0.1, 0.15) is 34.4 Å². The van der Waals surface area contributed by atoms with Crippen molar-refractivity contribution in [1.82, 2.24) is 9.88 Å². The number of rotatable bonds is 3. The Morgan fingerprint density at radius 3 is 2.48 bits per heavy atom. The first kappa shape index (κ1) is 15.8. The van der Waals surface area contributed by atoms with Crippen LogP contribution in [0.15, 0.2) is 73.1 Å². The third kappa shape index (κ3) is 3.14. The van der Waals surface area contributed by atoms with E-state index in [9.17, 15) is 10.2 Å². The van der Waals surface area contributed by atoms with E-state index in [-0.39, 0.29) is 11.8 Å². The van der Waals surface area contributed by atoms with E-state index >= 15 is 0 Å². The summed E-state index contributed by atoms with van der Waals surface area (Å²) in [6.45, 7) is 1.25. The fourth-order valence-corrected chi connectivity index (χ4v) is 3.63. The third-order valence-electron chi connectivity index (χ3n) is 4.75. The van der Waals surface area contributed by atoms with Gasteiger partial charge in [0.25, 0.3) is 0 Å². The predicted octanol–water partition coefficient (Wildman–Crippen LogP) is 3.43. The molecule has 4 nitrogen and oxygen atoms in total. The molecule has 0 saturated heterocycles. The number of hydrogen-bond acceptors (Lipinski definition) is 4. The summed E-state index contributed by atoms with van der Waals surface area (Å²) in [7, 11) is 0. The van der Waals surface area contributed by atoms with E-state index < -0.39 is 6.10 Å². The second-order valence-corrected chi connectivity index (χ2v) is 6.43. The molecule has 3 aromatic rings. The molecule has 4 heteroatoms. The molecule has 0 fully saturated rings.